The van der Waals surface area contributed by atoms with E-state index in [1.54, 1.807) is 12.0 Å². The summed E-state index contributed by atoms with van der Waals surface area (Å²) in [6.45, 7) is 2.58. The average molecular weight is 429 g/mol. The third kappa shape index (κ3) is 5.06. The van der Waals surface area contributed by atoms with Crippen LogP contribution in [0, 0.1) is 0 Å². The molecule has 1 aliphatic heterocycles. The fourth-order valence-electron chi connectivity index (χ4n) is 3.26. The molecule has 0 unspecified atom stereocenters. The maximum Gasteiger partial charge on any atom is 0.267 e. The van der Waals surface area contributed by atoms with Gasteiger partial charge in [-0.05, 0) is 65.2 Å². The van der Waals surface area contributed by atoms with E-state index in [4.69, 9.17) is 9.73 Å². The first-order valence-corrected chi connectivity index (χ1v) is 11.0. The lowest BCUT2D eigenvalue weighted by atomic mass is 10.1. The Bertz CT molecular complexity index is 1100. The Hall–Kier alpha value is -3.31. The minimum absolute atomic E-state index is 0.0323. The van der Waals surface area contributed by atoms with Gasteiger partial charge in [-0.3, -0.25) is 9.69 Å². The van der Waals surface area contributed by atoms with Crippen LogP contribution in [-0.4, -0.2) is 23.1 Å². The normalized spacial score (nSPS) is 16.3. The van der Waals surface area contributed by atoms with Crippen LogP contribution in [0.4, 0.5) is 5.69 Å². The highest BCUT2D eigenvalue weighted by atomic mass is 32.2. The SMILES string of the molecule is CCc1ccc(/C=C2\SC(=Nc3ccccc3)N(Cc3ccc(OC)cc3)C2=O)cc1. The van der Waals surface area contributed by atoms with Gasteiger partial charge in [0.25, 0.3) is 5.91 Å². The van der Waals surface area contributed by atoms with Crippen LogP contribution < -0.4 is 4.74 Å². The van der Waals surface area contributed by atoms with Crippen LogP contribution >= 0.6 is 11.8 Å². The van der Waals surface area contributed by atoms with Crippen molar-refractivity contribution in [1.82, 2.24) is 4.90 Å². The van der Waals surface area contributed by atoms with Gasteiger partial charge in [-0.15, -0.1) is 0 Å². The molecule has 31 heavy (non-hydrogen) atoms. The molecule has 1 saturated heterocycles. The summed E-state index contributed by atoms with van der Waals surface area (Å²) in [6.07, 6.45) is 2.94. The summed E-state index contributed by atoms with van der Waals surface area (Å²) in [6, 6.07) is 25.8. The number of amides is 1. The van der Waals surface area contributed by atoms with Crippen LogP contribution in [0.2, 0.25) is 0 Å². The molecule has 4 rings (SSSR count). The minimum Gasteiger partial charge on any atom is -0.497 e. The summed E-state index contributed by atoms with van der Waals surface area (Å²) in [7, 11) is 1.64. The van der Waals surface area contributed by atoms with Gasteiger partial charge < -0.3 is 4.74 Å². The Balaban J connectivity index is 1.65. The molecule has 0 saturated carbocycles. The highest BCUT2D eigenvalue weighted by molar-refractivity contribution is 8.18. The molecule has 0 aliphatic carbocycles. The lowest BCUT2D eigenvalue weighted by Crippen LogP contribution is -2.28. The Kier molecular flexibility index (Phi) is 6.53. The van der Waals surface area contributed by atoms with Crippen LogP contribution in [0.15, 0.2) is 88.8 Å². The van der Waals surface area contributed by atoms with Crippen molar-refractivity contribution < 1.29 is 9.53 Å². The number of carbonyl (C=O) groups is 1. The van der Waals surface area contributed by atoms with Gasteiger partial charge in [0.2, 0.25) is 0 Å². The number of benzene rings is 3. The number of hydrogen-bond donors (Lipinski definition) is 0. The van der Waals surface area contributed by atoms with E-state index in [1.807, 2.05) is 60.7 Å². The molecular formula is C26H24N2O2S. The van der Waals surface area contributed by atoms with Gasteiger partial charge >= 0.3 is 0 Å². The van der Waals surface area contributed by atoms with Crippen molar-refractivity contribution in [2.75, 3.05) is 7.11 Å². The van der Waals surface area contributed by atoms with E-state index >= 15 is 0 Å². The molecule has 4 nitrogen and oxygen atoms in total. The quantitative estimate of drug-likeness (QED) is 0.448. The minimum atomic E-state index is -0.0323. The topological polar surface area (TPSA) is 41.9 Å². The van der Waals surface area contributed by atoms with Crippen molar-refractivity contribution >= 4 is 34.6 Å². The second-order valence-corrected chi connectivity index (χ2v) is 8.18. The molecule has 0 atom stereocenters. The van der Waals surface area contributed by atoms with Gasteiger partial charge in [-0.2, -0.15) is 0 Å². The number of hydrogen-bond acceptors (Lipinski definition) is 4. The summed E-state index contributed by atoms with van der Waals surface area (Å²) >= 11 is 1.42. The predicted molar refractivity (Wildman–Crippen MR) is 128 cm³/mol. The summed E-state index contributed by atoms with van der Waals surface area (Å²) < 4.78 is 5.24. The van der Waals surface area contributed by atoms with Crippen LogP contribution in [0.25, 0.3) is 6.08 Å². The van der Waals surface area contributed by atoms with Crippen molar-refractivity contribution in [3.63, 3.8) is 0 Å². The number of methoxy groups -OCH3 is 1. The monoisotopic (exact) mass is 428 g/mol. The second kappa shape index (κ2) is 9.67. The molecular weight excluding hydrogens is 404 g/mol. The molecule has 0 N–H and O–H groups in total. The standard InChI is InChI=1S/C26H24N2O2S/c1-3-19-9-11-20(12-10-19)17-24-25(29)28(18-21-13-15-23(30-2)16-14-21)26(31-24)27-22-7-5-4-6-8-22/h4-17H,3,18H2,1-2H3/b24-17-,27-26?. The zero-order chi connectivity index (χ0) is 21.6. The average Bonchev–Trinajstić information content (AvgIpc) is 3.09. The maximum atomic E-state index is 13.3. The number of para-hydroxylation sites is 1. The van der Waals surface area contributed by atoms with E-state index in [2.05, 4.69) is 31.2 Å². The van der Waals surface area contributed by atoms with Crippen LogP contribution in [0.1, 0.15) is 23.6 Å². The van der Waals surface area contributed by atoms with Crippen molar-refractivity contribution in [2.24, 2.45) is 4.99 Å². The van der Waals surface area contributed by atoms with Crippen molar-refractivity contribution in [3.05, 3.63) is 100 Å². The van der Waals surface area contributed by atoms with Crippen molar-refractivity contribution in [3.8, 4) is 5.75 Å². The van der Waals surface area contributed by atoms with Crippen molar-refractivity contribution in [2.45, 2.75) is 19.9 Å². The van der Waals surface area contributed by atoms with Crippen LogP contribution in [-0.2, 0) is 17.8 Å². The van der Waals surface area contributed by atoms with Crippen LogP contribution in [0.5, 0.6) is 5.75 Å². The molecule has 1 amide bonds. The van der Waals surface area contributed by atoms with Gasteiger partial charge in [-0.25, -0.2) is 4.99 Å². The predicted octanol–water partition coefficient (Wildman–Crippen LogP) is 6.06. The third-order valence-electron chi connectivity index (χ3n) is 5.05. The first kappa shape index (κ1) is 20.9. The van der Waals surface area contributed by atoms with Gasteiger partial charge in [0.05, 0.1) is 24.2 Å². The van der Waals surface area contributed by atoms with E-state index in [0.717, 1.165) is 29.0 Å². The van der Waals surface area contributed by atoms with E-state index < -0.39 is 0 Å². The number of rotatable bonds is 6. The van der Waals surface area contributed by atoms with E-state index in [0.29, 0.717) is 16.6 Å². The Morgan fingerprint density at radius 3 is 2.26 bits per heavy atom. The number of carbonyl (C=O) groups excluding carboxylic acids is 1. The number of thioether (sulfide) groups is 1. The molecule has 0 aromatic heterocycles. The lowest BCUT2D eigenvalue weighted by Gasteiger charge is -2.16. The number of amidine groups is 1. The summed E-state index contributed by atoms with van der Waals surface area (Å²) in [5, 5.41) is 0.684. The maximum absolute atomic E-state index is 13.3. The highest BCUT2D eigenvalue weighted by Crippen LogP contribution is 2.35. The van der Waals surface area contributed by atoms with Gasteiger partial charge in [-0.1, -0.05) is 61.5 Å². The van der Waals surface area contributed by atoms with Gasteiger partial charge in [0.15, 0.2) is 5.17 Å². The van der Waals surface area contributed by atoms with E-state index in [-0.39, 0.29) is 5.91 Å². The first-order valence-electron chi connectivity index (χ1n) is 10.2. The molecule has 156 valence electrons. The summed E-state index contributed by atoms with van der Waals surface area (Å²) in [5.74, 6) is 0.759. The number of nitrogens with zero attached hydrogens (tertiary/aromatic N) is 2. The summed E-state index contributed by atoms with van der Waals surface area (Å²) in [4.78, 5) is 20.5. The number of aliphatic imine (C=N–C) groups is 1. The second-order valence-electron chi connectivity index (χ2n) is 7.18. The zero-order valence-electron chi connectivity index (χ0n) is 17.6. The molecule has 0 radical (unpaired) electrons. The third-order valence-corrected chi connectivity index (χ3v) is 6.06. The molecule has 0 bridgehead atoms. The smallest absolute Gasteiger partial charge is 0.267 e. The summed E-state index contributed by atoms with van der Waals surface area (Å²) in [5.41, 5.74) is 4.13. The Labute approximate surface area is 187 Å². The fraction of sp³-hybridized carbons (Fsp3) is 0.154. The largest absolute Gasteiger partial charge is 0.497 e. The molecule has 3 aromatic rings. The van der Waals surface area contributed by atoms with Gasteiger partial charge in [0, 0.05) is 0 Å². The van der Waals surface area contributed by atoms with E-state index in [1.165, 1.54) is 17.3 Å². The fourth-order valence-corrected chi connectivity index (χ4v) is 4.26. The van der Waals surface area contributed by atoms with Crippen LogP contribution in [0.3, 0.4) is 0 Å². The highest BCUT2D eigenvalue weighted by Gasteiger charge is 2.33. The number of ether oxygens (including phenoxy) is 1. The van der Waals surface area contributed by atoms with Crippen molar-refractivity contribution in [1.29, 1.82) is 0 Å². The molecule has 1 fully saturated rings. The number of aryl methyl sites for hydroxylation is 1. The molecule has 3 aromatic carbocycles. The van der Waals surface area contributed by atoms with E-state index in [9.17, 15) is 4.79 Å². The molecule has 0 spiro atoms. The lowest BCUT2D eigenvalue weighted by molar-refractivity contribution is -0.122. The Morgan fingerprint density at radius 1 is 0.935 bits per heavy atom. The molecule has 5 heteroatoms. The first-order chi connectivity index (χ1) is 15.2. The molecule has 1 aliphatic rings. The Morgan fingerprint density at radius 2 is 1.61 bits per heavy atom. The molecule has 1 heterocycles. The zero-order valence-corrected chi connectivity index (χ0v) is 18.4. The van der Waals surface area contributed by atoms with Gasteiger partial charge in [0.1, 0.15) is 5.75 Å².